The molecule has 0 unspecified atom stereocenters. The zero-order chi connectivity index (χ0) is 13.6. The van der Waals surface area contributed by atoms with Gasteiger partial charge in [-0.25, -0.2) is 0 Å². The largest absolute Gasteiger partial charge is 0.391 e. The lowest BCUT2D eigenvalue weighted by molar-refractivity contribution is 0.0641. The van der Waals surface area contributed by atoms with Crippen molar-refractivity contribution in [2.75, 3.05) is 0 Å². The summed E-state index contributed by atoms with van der Waals surface area (Å²) >= 11 is 0. The van der Waals surface area contributed by atoms with Crippen LogP contribution >= 0.6 is 0 Å². The summed E-state index contributed by atoms with van der Waals surface area (Å²) in [7, 11) is 0. The first kappa shape index (κ1) is 13.6. The van der Waals surface area contributed by atoms with E-state index in [1.807, 2.05) is 0 Å². The average molecular weight is 277 g/mol. The summed E-state index contributed by atoms with van der Waals surface area (Å²) in [5, 5.41) is 14.5. The minimum atomic E-state index is -0.0623. The van der Waals surface area contributed by atoms with Crippen LogP contribution in [-0.2, 0) is 0 Å². The van der Waals surface area contributed by atoms with E-state index < -0.39 is 0 Å². The summed E-state index contributed by atoms with van der Waals surface area (Å²) in [5.41, 5.74) is 0.775. The van der Waals surface area contributed by atoms with Crippen molar-refractivity contribution in [2.45, 2.75) is 95.2 Å². The SMILES string of the molecule is O[C@H](C1CC1)[C@@H](CC1CCCCC1)NC1CC2(CC2)C1. The van der Waals surface area contributed by atoms with Gasteiger partial charge in [-0.15, -0.1) is 0 Å². The van der Waals surface area contributed by atoms with Gasteiger partial charge in [-0.3, -0.25) is 0 Å². The van der Waals surface area contributed by atoms with Crippen molar-refractivity contribution in [1.29, 1.82) is 0 Å². The molecular weight excluding hydrogens is 246 g/mol. The second kappa shape index (κ2) is 5.28. The number of nitrogens with one attached hydrogen (secondary N) is 1. The Hall–Kier alpha value is -0.0800. The second-order valence-electron chi connectivity index (χ2n) is 8.45. The van der Waals surface area contributed by atoms with E-state index in [2.05, 4.69) is 5.32 Å². The van der Waals surface area contributed by atoms with Crippen molar-refractivity contribution in [2.24, 2.45) is 17.3 Å². The number of aliphatic hydroxyl groups is 1. The van der Waals surface area contributed by atoms with Gasteiger partial charge in [0, 0.05) is 12.1 Å². The van der Waals surface area contributed by atoms with Crippen molar-refractivity contribution in [3.8, 4) is 0 Å². The van der Waals surface area contributed by atoms with Crippen molar-refractivity contribution in [3.05, 3.63) is 0 Å². The smallest absolute Gasteiger partial charge is 0.0721 e. The van der Waals surface area contributed by atoms with E-state index in [1.165, 1.54) is 77.0 Å². The first-order valence-electron chi connectivity index (χ1n) is 9.18. The van der Waals surface area contributed by atoms with Crippen molar-refractivity contribution < 1.29 is 5.11 Å². The monoisotopic (exact) mass is 277 g/mol. The maximum atomic E-state index is 10.6. The van der Waals surface area contributed by atoms with Crippen LogP contribution < -0.4 is 5.32 Å². The van der Waals surface area contributed by atoms with Gasteiger partial charge in [-0.1, -0.05) is 32.1 Å². The fraction of sp³-hybridized carbons (Fsp3) is 1.00. The second-order valence-corrected chi connectivity index (χ2v) is 8.45. The highest BCUT2D eigenvalue weighted by molar-refractivity contribution is 5.08. The van der Waals surface area contributed by atoms with Crippen LogP contribution in [0.4, 0.5) is 0 Å². The third kappa shape index (κ3) is 2.92. The van der Waals surface area contributed by atoms with Gasteiger partial charge in [0.15, 0.2) is 0 Å². The molecule has 2 N–H and O–H groups in total. The Morgan fingerprint density at radius 1 is 1.00 bits per heavy atom. The van der Waals surface area contributed by atoms with Crippen LogP contribution in [-0.4, -0.2) is 23.3 Å². The Bertz CT molecular complexity index is 333. The molecule has 2 nitrogen and oxygen atoms in total. The Labute approximate surface area is 123 Å². The van der Waals surface area contributed by atoms with E-state index in [0.29, 0.717) is 12.0 Å². The molecule has 4 fully saturated rings. The quantitative estimate of drug-likeness (QED) is 0.777. The van der Waals surface area contributed by atoms with Crippen LogP contribution in [0.3, 0.4) is 0 Å². The maximum Gasteiger partial charge on any atom is 0.0721 e. The molecule has 1 spiro atoms. The summed E-state index contributed by atoms with van der Waals surface area (Å²) < 4.78 is 0. The lowest BCUT2D eigenvalue weighted by Gasteiger charge is -2.41. The highest BCUT2D eigenvalue weighted by Gasteiger charge is 2.53. The summed E-state index contributed by atoms with van der Waals surface area (Å²) in [5.74, 6) is 1.50. The van der Waals surface area contributed by atoms with Gasteiger partial charge < -0.3 is 10.4 Å². The topological polar surface area (TPSA) is 32.3 Å². The maximum absolute atomic E-state index is 10.6. The molecule has 4 aliphatic carbocycles. The number of aliphatic hydroxyl groups excluding tert-OH is 1. The number of hydrogen-bond donors (Lipinski definition) is 2. The van der Waals surface area contributed by atoms with E-state index in [1.54, 1.807) is 0 Å². The molecule has 0 bridgehead atoms. The standard InChI is InChI=1S/C18H31NO/c20-17(14-6-7-14)16(10-13-4-2-1-3-5-13)19-15-11-18(12-15)8-9-18/h13-17,19-20H,1-12H2/t16-,17-/m1/s1. The number of rotatable bonds is 6. The molecule has 2 heteroatoms. The van der Waals surface area contributed by atoms with Crippen LogP contribution in [0, 0.1) is 17.3 Å². The van der Waals surface area contributed by atoms with E-state index in [4.69, 9.17) is 0 Å². The summed E-state index contributed by atoms with van der Waals surface area (Å²) in [4.78, 5) is 0. The van der Waals surface area contributed by atoms with Crippen molar-refractivity contribution >= 4 is 0 Å². The first-order chi connectivity index (χ1) is 9.74. The minimum absolute atomic E-state index is 0.0623. The lowest BCUT2D eigenvalue weighted by atomic mass is 9.75. The molecule has 0 aromatic rings. The van der Waals surface area contributed by atoms with Crippen LogP contribution in [0.1, 0.15) is 77.0 Å². The molecule has 4 saturated carbocycles. The molecule has 114 valence electrons. The zero-order valence-corrected chi connectivity index (χ0v) is 12.8. The minimum Gasteiger partial charge on any atom is -0.391 e. The van der Waals surface area contributed by atoms with Gasteiger partial charge in [0.25, 0.3) is 0 Å². The molecule has 0 aliphatic heterocycles. The van der Waals surface area contributed by atoms with Crippen molar-refractivity contribution in [1.82, 2.24) is 5.32 Å². The molecule has 4 aliphatic rings. The molecule has 4 rings (SSSR count). The fourth-order valence-electron chi connectivity index (χ4n) is 4.85. The fourth-order valence-corrected chi connectivity index (χ4v) is 4.85. The van der Waals surface area contributed by atoms with Gasteiger partial charge in [-0.2, -0.15) is 0 Å². The van der Waals surface area contributed by atoms with Gasteiger partial charge in [0.1, 0.15) is 0 Å². The van der Waals surface area contributed by atoms with Crippen LogP contribution in [0.5, 0.6) is 0 Å². The molecule has 20 heavy (non-hydrogen) atoms. The van der Waals surface area contributed by atoms with Crippen LogP contribution in [0.15, 0.2) is 0 Å². The van der Waals surface area contributed by atoms with E-state index in [0.717, 1.165) is 17.4 Å². The average Bonchev–Trinajstić information content (AvgIpc) is 3.29. The van der Waals surface area contributed by atoms with Gasteiger partial charge in [-0.05, 0) is 62.2 Å². The Balaban J connectivity index is 1.32. The first-order valence-corrected chi connectivity index (χ1v) is 9.18. The molecule has 0 heterocycles. The van der Waals surface area contributed by atoms with E-state index in [-0.39, 0.29) is 6.10 Å². The van der Waals surface area contributed by atoms with Crippen LogP contribution in [0.2, 0.25) is 0 Å². The number of hydrogen-bond acceptors (Lipinski definition) is 2. The molecule has 0 aromatic heterocycles. The third-order valence-corrected chi connectivity index (χ3v) is 6.59. The predicted molar refractivity (Wildman–Crippen MR) is 81.5 cm³/mol. The highest BCUT2D eigenvalue weighted by Crippen LogP contribution is 2.60. The summed E-state index contributed by atoms with van der Waals surface area (Å²) in [6.07, 6.45) is 16.5. The highest BCUT2D eigenvalue weighted by atomic mass is 16.3. The third-order valence-electron chi connectivity index (χ3n) is 6.59. The Morgan fingerprint density at radius 2 is 1.70 bits per heavy atom. The summed E-state index contributed by atoms with van der Waals surface area (Å²) in [6.45, 7) is 0. The molecular formula is C18H31NO. The molecule has 0 radical (unpaired) electrons. The predicted octanol–water partition coefficient (Wildman–Crippen LogP) is 3.63. The van der Waals surface area contributed by atoms with E-state index >= 15 is 0 Å². The molecule has 0 amide bonds. The van der Waals surface area contributed by atoms with Gasteiger partial charge in [0.2, 0.25) is 0 Å². The van der Waals surface area contributed by atoms with Crippen LogP contribution in [0.25, 0.3) is 0 Å². The molecule has 2 atom stereocenters. The molecule has 0 saturated heterocycles. The zero-order valence-electron chi connectivity index (χ0n) is 12.8. The Morgan fingerprint density at radius 3 is 2.30 bits per heavy atom. The van der Waals surface area contributed by atoms with Gasteiger partial charge in [0.05, 0.1) is 6.10 Å². The normalized spacial score (nSPS) is 32.9. The Kier molecular flexibility index (Phi) is 3.58. The molecule has 0 aromatic carbocycles. The summed E-state index contributed by atoms with van der Waals surface area (Å²) in [6, 6.07) is 1.12. The van der Waals surface area contributed by atoms with Crippen molar-refractivity contribution in [3.63, 3.8) is 0 Å². The lowest BCUT2D eigenvalue weighted by Crippen LogP contribution is -2.52. The van der Waals surface area contributed by atoms with Gasteiger partial charge >= 0.3 is 0 Å². The van der Waals surface area contributed by atoms with E-state index in [9.17, 15) is 5.11 Å².